The number of nitrogens with one attached hydrogen (secondary N) is 3. The summed E-state index contributed by atoms with van der Waals surface area (Å²) in [5, 5.41) is 16.7. The van der Waals surface area contributed by atoms with Crippen LogP contribution in [0, 0.1) is 11.8 Å². The summed E-state index contributed by atoms with van der Waals surface area (Å²) in [5.41, 5.74) is 0. The minimum absolute atomic E-state index is 0.0913. The molecule has 21 heavy (non-hydrogen) atoms. The van der Waals surface area contributed by atoms with E-state index in [4.69, 9.17) is 5.11 Å². The molecule has 1 rings (SSSR count). The highest BCUT2D eigenvalue weighted by Crippen LogP contribution is 2.33. The van der Waals surface area contributed by atoms with E-state index in [0.717, 1.165) is 12.8 Å². The second-order valence-electron chi connectivity index (χ2n) is 6.02. The molecule has 120 valence electrons. The van der Waals surface area contributed by atoms with Crippen LogP contribution in [0.25, 0.3) is 0 Å². The third-order valence-corrected chi connectivity index (χ3v) is 3.33. The summed E-state index contributed by atoms with van der Waals surface area (Å²) in [6.07, 6.45) is 1.78. The zero-order valence-corrected chi connectivity index (χ0v) is 12.8. The molecule has 0 aliphatic heterocycles. The number of hydrogen-bond acceptors (Lipinski definition) is 3. The number of aliphatic carboxylic acids is 1. The highest BCUT2D eigenvalue weighted by Gasteiger charge is 2.34. The van der Waals surface area contributed by atoms with Crippen molar-refractivity contribution in [2.75, 3.05) is 6.54 Å². The second kappa shape index (κ2) is 7.85. The van der Waals surface area contributed by atoms with Gasteiger partial charge in [0.25, 0.3) is 0 Å². The van der Waals surface area contributed by atoms with Gasteiger partial charge in [-0.25, -0.2) is 4.79 Å². The van der Waals surface area contributed by atoms with E-state index >= 15 is 0 Å². The Bertz CT molecular complexity index is 394. The third kappa shape index (κ3) is 6.97. The summed E-state index contributed by atoms with van der Waals surface area (Å²) >= 11 is 0. The maximum atomic E-state index is 11.8. The number of urea groups is 1. The van der Waals surface area contributed by atoms with Crippen LogP contribution in [0.2, 0.25) is 0 Å². The van der Waals surface area contributed by atoms with Gasteiger partial charge in [0.1, 0.15) is 6.04 Å². The van der Waals surface area contributed by atoms with E-state index in [1.165, 1.54) is 0 Å². The predicted molar refractivity (Wildman–Crippen MR) is 77.7 cm³/mol. The first-order chi connectivity index (χ1) is 9.79. The number of carboxylic acids is 1. The lowest BCUT2D eigenvalue weighted by Crippen LogP contribution is -2.51. The van der Waals surface area contributed by atoms with Crippen LogP contribution in [0.3, 0.4) is 0 Å². The van der Waals surface area contributed by atoms with Crippen LogP contribution >= 0.6 is 0 Å². The molecule has 2 unspecified atom stereocenters. The Morgan fingerprint density at radius 3 is 2.24 bits per heavy atom. The van der Waals surface area contributed by atoms with Crippen LogP contribution in [-0.2, 0) is 9.59 Å². The fourth-order valence-corrected chi connectivity index (χ4v) is 1.95. The molecule has 7 nitrogen and oxygen atoms in total. The van der Waals surface area contributed by atoms with Gasteiger partial charge in [0.15, 0.2) is 0 Å². The molecule has 0 spiro atoms. The van der Waals surface area contributed by atoms with Crippen LogP contribution in [0.4, 0.5) is 4.79 Å². The summed E-state index contributed by atoms with van der Waals surface area (Å²) in [4.78, 5) is 34.3. The van der Waals surface area contributed by atoms with Crippen molar-refractivity contribution in [3.8, 4) is 0 Å². The lowest BCUT2D eigenvalue weighted by molar-refractivity contribution is -0.137. The summed E-state index contributed by atoms with van der Waals surface area (Å²) in [6, 6.07) is -1.53. The fourth-order valence-electron chi connectivity index (χ4n) is 1.95. The third-order valence-electron chi connectivity index (χ3n) is 3.33. The molecule has 0 aromatic rings. The molecule has 1 fully saturated rings. The molecule has 2 atom stereocenters. The van der Waals surface area contributed by atoms with Gasteiger partial charge in [-0.1, -0.05) is 13.8 Å². The van der Waals surface area contributed by atoms with Gasteiger partial charge in [-0.2, -0.15) is 0 Å². The first kappa shape index (κ1) is 17.3. The first-order valence-corrected chi connectivity index (χ1v) is 7.36. The molecule has 0 radical (unpaired) electrons. The highest BCUT2D eigenvalue weighted by molar-refractivity contribution is 5.86. The van der Waals surface area contributed by atoms with Gasteiger partial charge in [-0.05, 0) is 31.6 Å². The molecule has 1 aliphatic rings. The van der Waals surface area contributed by atoms with Gasteiger partial charge in [-0.15, -0.1) is 0 Å². The lowest BCUT2D eigenvalue weighted by atomic mass is 10.1. The van der Waals surface area contributed by atoms with Crippen LogP contribution in [0.1, 0.15) is 40.0 Å². The topological polar surface area (TPSA) is 108 Å². The van der Waals surface area contributed by atoms with Crippen LogP contribution in [0.15, 0.2) is 0 Å². The Morgan fingerprint density at radius 1 is 1.14 bits per heavy atom. The molecule has 7 heteroatoms. The van der Waals surface area contributed by atoms with Crippen molar-refractivity contribution in [2.45, 2.75) is 52.1 Å². The number of amides is 3. The predicted octanol–water partition coefficient (Wildman–Crippen LogP) is 0.700. The van der Waals surface area contributed by atoms with E-state index in [0.29, 0.717) is 12.5 Å². The molecule has 0 saturated heterocycles. The Labute approximate surface area is 124 Å². The number of carbonyl (C=O) groups is 3. The number of carboxylic acid groups (broad SMARTS) is 1. The first-order valence-electron chi connectivity index (χ1n) is 7.36. The average Bonchev–Trinajstić information content (AvgIpc) is 3.18. The Hall–Kier alpha value is -1.79. The number of hydrogen-bond donors (Lipinski definition) is 4. The largest absolute Gasteiger partial charge is 0.481 e. The smallest absolute Gasteiger partial charge is 0.315 e. The minimum Gasteiger partial charge on any atom is -0.481 e. The van der Waals surface area contributed by atoms with Gasteiger partial charge in [0, 0.05) is 12.6 Å². The van der Waals surface area contributed by atoms with Crippen molar-refractivity contribution in [3.63, 3.8) is 0 Å². The monoisotopic (exact) mass is 299 g/mol. The molecule has 1 saturated carbocycles. The summed E-state index contributed by atoms with van der Waals surface area (Å²) < 4.78 is 0. The van der Waals surface area contributed by atoms with Gasteiger partial charge in [-0.3, -0.25) is 9.59 Å². The standard InChI is InChI=1S/C14H25N3O4/c1-8(2)7-15-13(20)9(3)16-14(21)17-11(6-12(18)19)10-4-5-10/h8-11H,4-7H2,1-3H3,(H,15,20)(H,18,19)(H2,16,17,21). The number of rotatable bonds is 8. The van der Waals surface area contributed by atoms with E-state index in [9.17, 15) is 14.4 Å². The molecule has 4 N–H and O–H groups in total. The molecule has 0 aromatic carbocycles. The maximum absolute atomic E-state index is 11.8. The van der Waals surface area contributed by atoms with E-state index in [-0.39, 0.29) is 24.3 Å². The molecule has 3 amide bonds. The number of carbonyl (C=O) groups excluding carboxylic acids is 2. The van der Waals surface area contributed by atoms with Gasteiger partial charge in [0.2, 0.25) is 5.91 Å². The average molecular weight is 299 g/mol. The summed E-state index contributed by atoms with van der Waals surface area (Å²) in [7, 11) is 0. The summed E-state index contributed by atoms with van der Waals surface area (Å²) in [6.45, 7) is 6.11. The van der Waals surface area contributed by atoms with Crippen molar-refractivity contribution in [1.29, 1.82) is 0 Å². The molecule has 0 heterocycles. The van der Waals surface area contributed by atoms with Gasteiger partial charge in [0.05, 0.1) is 6.42 Å². The minimum atomic E-state index is -0.935. The van der Waals surface area contributed by atoms with Crippen LogP contribution < -0.4 is 16.0 Å². The SMILES string of the molecule is CC(C)CNC(=O)C(C)NC(=O)NC(CC(=O)O)C1CC1. The van der Waals surface area contributed by atoms with Crippen molar-refractivity contribution < 1.29 is 19.5 Å². The van der Waals surface area contributed by atoms with Crippen molar-refractivity contribution >= 4 is 17.9 Å². The maximum Gasteiger partial charge on any atom is 0.315 e. The highest BCUT2D eigenvalue weighted by atomic mass is 16.4. The molecular weight excluding hydrogens is 274 g/mol. The van der Waals surface area contributed by atoms with Crippen LogP contribution in [-0.4, -0.2) is 41.6 Å². The van der Waals surface area contributed by atoms with Crippen molar-refractivity contribution in [2.24, 2.45) is 11.8 Å². The Kier molecular flexibility index (Phi) is 6.45. The Balaban J connectivity index is 2.36. The zero-order chi connectivity index (χ0) is 16.0. The van der Waals surface area contributed by atoms with Crippen molar-refractivity contribution in [3.05, 3.63) is 0 Å². The molecular formula is C14H25N3O4. The van der Waals surface area contributed by atoms with Gasteiger partial charge >= 0.3 is 12.0 Å². The quantitative estimate of drug-likeness (QED) is 0.529. The van der Waals surface area contributed by atoms with E-state index in [1.54, 1.807) is 6.92 Å². The second-order valence-corrected chi connectivity index (χ2v) is 6.02. The molecule has 0 aromatic heterocycles. The lowest BCUT2D eigenvalue weighted by Gasteiger charge is -2.19. The molecule has 1 aliphatic carbocycles. The zero-order valence-electron chi connectivity index (χ0n) is 12.8. The fraction of sp³-hybridized carbons (Fsp3) is 0.786. The van der Waals surface area contributed by atoms with E-state index in [2.05, 4.69) is 16.0 Å². The van der Waals surface area contributed by atoms with E-state index in [1.807, 2.05) is 13.8 Å². The van der Waals surface area contributed by atoms with Gasteiger partial charge < -0.3 is 21.1 Å². The van der Waals surface area contributed by atoms with Crippen molar-refractivity contribution in [1.82, 2.24) is 16.0 Å². The summed E-state index contributed by atoms with van der Waals surface area (Å²) in [5.74, 6) is -0.614. The van der Waals surface area contributed by atoms with Crippen LogP contribution in [0.5, 0.6) is 0 Å². The normalized spacial score (nSPS) is 17.0. The molecule has 0 bridgehead atoms. The van der Waals surface area contributed by atoms with E-state index < -0.39 is 18.0 Å². The Morgan fingerprint density at radius 2 is 1.76 bits per heavy atom.